The van der Waals surface area contributed by atoms with Gasteiger partial charge in [-0.3, -0.25) is 5.01 Å². The van der Waals surface area contributed by atoms with Crippen LogP contribution in [0.3, 0.4) is 0 Å². The van der Waals surface area contributed by atoms with Crippen molar-refractivity contribution in [1.82, 2.24) is 19.8 Å². The molecule has 1 aromatic heterocycles. The van der Waals surface area contributed by atoms with Crippen LogP contribution in [0, 0.1) is 0 Å². The summed E-state index contributed by atoms with van der Waals surface area (Å²) in [6.07, 6.45) is 2.60. The second kappa shape index (κ2) is 9.54. The summed E-state index contributed by atoms with van der Waals surface area (Å²) in [5.74, 6) is 7.96. The zero-order chi connectivity index (χ0) is 19.9. The van der Waals surface area contributed by atoms with E-state index < -0.39 is 0 Å². The highest BCUT2D eigenvalue weighted by Gasteiger charge is 2.14. The number of methoxy groups -OCH3 is 1. The normalized spacial score (nSPS) is 15.4. The molecule has 1 aliphatic rings. The maximum absolute atomic E-state index is 6.22. The Morgan fingerprint density at radius 1 is 1.21 bits per heavy atom. The number of hydrogen-bond acceptors (Lipinski definition) is 9. The number of benzene rings is 1. The maximum atomic E-state index is 6.22. The quantitative estimate of drug-likeness (QED) is 0.351. The fourth-order valence-electron chi connectivity index (χ4n) is 3.10. The Morgan fingerprint density at radius 2 is 1.93 bits per heavy atom. The molecule has 0 radical (unpaired) electrons. The van der Waals surface area contributed by atoms with E-state index in [0.717, 1.165) is 57.1 Å². The van der Waals surface area contributed by atoms with Crippen molar-refractivity contribution in [3.8, 4) is 5.75 Å². The lowest BCUT2D eigenvalue weighted by Gasteiger charge is -2.32. The molecule has 0 unspecified atom stereocenters. The number of nitrogen functional groups attached to an aromatic ring is 1. The number of likely N-dealkylation sites (N-methyl/N-ethyl adjacent to an activating group) is 1. The average molecular weight is 389 g/mol. The van der Waals surface area contributed by atoms with E-state index in [0.29, 0.717) is 17.5 Å². The van der Waals surface area contributed by atoms with Crippen LogP contribution < -0.4 is 26.6 Å². The molecule has 1 aromatic carbocycles. The van der Waals surface area contributed by atoms with Crippen molar-refractivity contribution in [3.05, 3.63) is 30.5 Å². The van der Waals surface area contributed by atoms with Gasteiger partial charge in [0.05, 0.1) is 24.7 Å². The number of hydrazine groups is 1. The molecule has 0 atom stereocenters. The lowest BCUT2D eigenvalue weighted by atomic mass is 10.3. The molecule has 9 heteroatoms. The molecule has 1 aliphatic heterocycles. The maximum Gasteiger partial charge on any atom is 0.224 e. The lowest BCUT2D eigenvalue weighted by molar-refractivity contribution is 0.154. The minimum absolute atomic E-state index is 0. The molecule has 0 bridgehead atoms. The average Bonchev–Trinajstić information content (AvgIpc) is 2.73. The van der Waals surface area contributed by atoms with Gasteiger partial charge in [-0.05, 0) is 44.3 Å². The molecule has 0 aliphatic carbocycles. The number of nitrogens with one attached hydrogen (secondary N) is 1. The van der Waals surface area contributed by atoms with E-state index in [1.54, 1.807) is 13.3 Å². The summed E-state index contributed by atoms with van der Waals surface area (Å²) in [6.45, 7) is 6.39. The minimum Gasteiger partial charge on any atom is -0.497 e. The van der Waals surface area contributed by atoms with Gasteiger partial charge in [0.25, 0.3) is 0 Å². The van der Waals surface area contributed by atoms with Crippen LogP contribution in [0.1, 0.15) is 7.85 Å². The van der Waals surface area contributed by atoms with Crippen molar-refractivity contribution in [2.24, 2.45) is 5.84 Å². The van der Waals surface area contributed by atoms with Gasteiger partial charge in [-0.2, -0.15) is 4.98 Å². The van der Waals surface area contributed by atoms with Crippen LogP contribution in [0.2, 0.25) is 0 Å². The number of rotatable bonds is 8. The van der Waals surface area contributed by atoms with Gasteiger partial charge in [-0.25, -0.2) is 10.8 Å². The molecule has 1 saturated heterocycles. The summed E-state index contributed by atoms with van der Waals surface area (Å²) in [6, 6.07) is 7.38. The Bertz CT molecular complexity index is 752. The van der Waals surface area contributed by atoms with E-state index >= 15 is 0 Å². The van der Waals surface area contributed by atoms with Crippen LogP contribution in [0.5, 0.6) is 5.75 Å². The number of nitrogens with two attached hydrogens (primary N) is 2. The second-order valence-electron chi connectivity index (χ2n) is 6.97. The van der Waals surface area contributed by atoms with Crippen molar-refractivity contribution in [2.45, 2.75) is 6.42 Å². The smallest absolute Gasteiger partial charge is 0.224 e. The van der Waals surface area contributed by atoms with Crippen LogP contribution in [0.15, 0.2) is 30.5 Å². The van der Waals surface area contributed by atoms with Crippen molar-refractivity contribution in [2.75, 3.05) is 69.5 Å². The van der Waals surface area contributed by atoms with E-state index in [9.17, 15) is 0 Å². The van der Waals surface area contributed by atoms with E-state index in [-0.39, 0.29) is 1.43 Å². The van der Waals surface area contributed by atoms with Gasteiger partial charge in [0.15, 0.2) is 5.82 Å². The molecule has 2 aromatic rings. The molecule has 154 valence electrons. The van der Waals surface area contributed by atoms with Crippen molar-refractivity contribution in [1.29, 1.82) is 0 Å². The number of ether oxygens (including phenoxy) is 1. The zero-order valence-electron chi connectivity index (χ0n) is 16.6. The lowest BCUT2D eigenvalue weighted by Crippen LogP contribution is -2.44. The highest BCUT2D eigenvalue weighted by molar-refractivity contribution is 5.70. The van der Waals surface area contributed by atoms with Gasteiger partial charge in [-0.1, -0.05) is 0 Å². The standard InChI is InChI=1S/C19H30N8O.H2/c1-25-10-12-26(13-11-25)9-3-8-22-19-23-14-17(20)18(24-19)27(21)15-4-6-16(28-2)7-5-15;/h4-7,14H,3,8-13,20-21H2,1-2H3,(H,22,23,24);1H. The molecular formula is C19H32N8O. The summed E-state index contributed by atoms with van der Waals surface area (Å²) >= 11 is 0. The van der Waals surface area contributed by atoms with Gasteiger partial charge in [0, 0.05) is 34.2 Å². The topological polar surface area (TPSA) is 109 Å². The molecule has 5 N–H and O–H groups in total. The van der Waals surface area contributed by atoms with Gasteiger partial charge in [0.1, 0.15) is 5.75 Å². The first-order valence-corrected chi connectivity index (χ1v) is 9.53. The number of nitrogens with zero attached hydrogens (tertiary/aromatic N) is 5. The second-order valence-corrected chi connectivity index (χ2v) is 6.97. The first-order chi connectivity index (χ1) is 13.6. The van der Waals surface area contributed by atoms with Crippen LogP contribution >= 0.6 is 0 Å². The number of hydrogen-bond donors (Lipinski definition) is 3. The van der Waals surface area contributed by atoms with E-state index in [1.807, 2.05) is 24.3 Å². The first kappa shape index (κ1) is 20.1. The van der Waals surface area contributed by atoms with E-state index in [1.165, 1.54) is 5.01 Å². The Hall–Kier alpha value is -2.62. The van der Waals surface area contributed by atoms with Gasteiger partial charge in [-0.15, -0.1) is 0 Å². The van der Waals surface area contributed by atoms with Gasteiger partial charge < -0.3 is 25.6 Å². The third-order valence-corrected chi connectivity index (χ3v) is 4.90. The molecule has 3 rings (SSSR count). The monoisotopic (exact) mass is 388 g/mol. The third-order valence-electron chi connectivity index (χ3n) is 4.90. The molecule has 28 heavy (non-hydrogen) atoms. The Kier molecular flexibility index (Phi) is 6.85. The summed E-state index contributed by atoms with van der Waals surface area (Å²) < 4.78 is 5.18. The van der Waals surface area contributed by atoms with Crippen molar-refractivity contribution < 1.29 is 6.16 Å². The molecular weight excluding hydrogens is 356 g/mol. The summed E-state index contributed by atoms with van der Waals surface area (Å²) in [5.41, 5.74) is 7.21. The summed E-state index contributed by atoms with van der Waals surface area (Å²) in [5, 5.41) is 4.72. The zero-order valence-corrected chi connectivity index (χ0v) is 16.6. The van der Waals surface area contributed by atoms with Gasteiger partial charge in [0.2, 0.25) is 5.95 Å². The van der Waals surface area contributed by atoms with Crippen LogP contribution in [-0.2, 0) is 0 Å². The fourth-order valence-corrected chi connectivity index (χ4v) is 3.10. The predicted octanol–water partition coefficient (Wildman–Crippen LogP) is 1.37. The summed E-state index contributed by atoms with van der Waals surface area (Å²) in [7, 11) is 3.79. The van der Waals surface area contributed by atoms with Crippen molar-refractivity contribution in [3.63, 3.8) is 0 Å². The summed E-state index contributed by atoms with van der Waals surface area (Å²) in [4.78, 5) is 13.6. The van der Waals surface area contributed by atoms with Crippen LogP contribution in [-0.4, -0.2) is 73.2 Å². The van der Waals surface area contributed by atoms with Crippen LogP contribution in [0.25, 0.3) is 0 Å². The molecule has 0 saturated carbocycles. The molecule has 2 heterocycles. The number of anilines is 4. The van der Waals surface area contributed by atoms with E-state index in [4.69, 9.17) is 16.3 Å². The minimum atomic E-state index is 0. The number of aromatic nitrogens is 2. The highest BCUT2D eigenvalue weighted by atomic mass is 16.5. The molecule has 0 spiro atoms. The Morgan fingerprint density at radius 3 is 2.61 bits per heavy atom. The van der Waals surface area contributed by atoms with E-state index in [2.05, 4.69) is 32.1 Å². The Labute approximate surface area is 167 Å². The largest absolute Gasteiger partial charge is 0.497 e. The number of piperazine rings is 1. The van der Waals surface area contributed by atoms with Crippen LogP contribution in [0.4, 0.5) is 23.1 Å². The van der Waals surface area contributed by atoms with Gasteiger partial charge >= 0.3 is 0 Å². The third kappa shape index (κ3) is 5.22. The Balaban J connectivity index is 0.00000300. The highest BCUT2D eigenvalue weighted by Crippen LogP contribution is 2.27. The fraction of sp³-hybridized carbons (Fsp3) is 0.474. The SMILES string of the molecule is COc1ccc(N(N)c2nc(NCCCN3CCN(C)CC3)ncc2N)cc1.[HH]. The van der Waals surface area contributed by atoms with Crippen molar-refractivity contribution >= 4 is 23.1 Å². The first-order valence-electron chi connectivity index (χ1n) is 9.53. The molecule has 1 fully saturated rings. The molecule has 0 amide bonds. The predicted molar refractivity (Wildman–Crippen MR) is 115 cm³/mol. The molecule has 9 nitrogen and oxygen atoms in total.